The Bertz CT molecular complexity index is 1250. The van der Waals surface area contributed by atoms with Gasteiger partial charge in [0.05, 0.1) is 26.4 Å². The molecule has 60 heavy (non-hydrogen) atoms. The first-order valence-electron chi connectivity index (χ1n) is 23.4. The molecule has 2 aromatic rings. The molecular formula is C48H82Cl4N4O4. The summed E-state index contributed by atoms with van der Waals surface area (Å²) in [4.78, 5) is 10.4. The van der Waals surface area contributed by atoms with E-state index in [0.717, 1.165) is 127 Å². The van der Waals surface area contributed by atoms with Crippen molar-refractivity contribution in [3.8, 4) is 23.0 Å². The van der Waals surface area contributed by atoms with E-state index in [2.05, 4.69) is 56.0 Å². The summed E-state index contributed by atoms with van der Waals surface area (Å²) < 4.78 is 25.7. The lowest BCUT2D eigenvalue weighted by molar-refractivity contribution is 0.193. The standard InChI is InChI=1S/C48H78N4O4.4ClH/c1-7-25-49(26-8-1)33-15-37-53-45-23-21-43(41-47(45)55-39-17-35-51-29-11-3-12-30-51)19-5-6-20-44-22-24-46(54-38-16-34-50-27-9-2-10-28-50)48(42-44)56-40-18-36-52-31-13-4-14-32-52;;;;/h21-24,41-42H,1-20,25-40H2;4*1H. The van der Waals surface area contributed by atoms with Crippen molar-refractivity contribution in [3.05, 3.63) is 47.5 Å². The van der Waals surface area contributed by atoms with Crippen molar-refractivity contribution < 1.29 is 18.9 Å². The largest absolute Gasteiger partial charge is 0.490 e. The smallest absolute Gasteiger partial charge is 0.161 e. The van der Waals surface area contributed by atoms with E-state index in [0.29, 0.717) is 0 Å². The van der Waals surface area contributed by atoms with E-state index in [1.807, 2.05) is 0 Å². The monoisotopic (exact) mass is 919 g/mol. The van der Waals surface area contributed by atoms with Gasteiger partial charge in [-0.05, 0) is 190 Å². The predicted octanol–water partition coefficient (Wildman–Crippen LogP) is 11.0. The average Bonchev–Trinajstić information content (AvgIpc) is 3.25. The Hall–Kier alpha value is -1.36. The fraction of sp³-hybridized carbons (Fsp3) is 0.750. The van der Waals surface area contributed by atoms with Gasteiger partial charge in [0.2, 0.25) is 0 Å². The lowest BCUT2D eigenvalue weighted by Crippen LogP contribution is -2.31. The minimum Gasteiger partial charge on any atom is -0.490 e. The third-order valence-corrected chi connectivity index (χ3v) is 12.5. The highest BCUT2D eigenvalue weighted by Gasteiger charge is 2.15. The molecule has 12 heteroatoms. The van der Waals surface area contributed by atoms with Crippen molar-refractivity contribution in [1.29, 1.82) is 0 Å². The molecule has 0 N–H and O–H groups in total. The maximum atomic E-state index is 6.46. The normalized spacial score (nSPS) is 17.9. The van der Waals surface area contributed by atoms with Crippen molar-refractivity contribution in [2.45, 2.75) is 128 Å². The third-order valence-electron chi connectivity index (χ3n) is 12.5. The molecule has 0 bridgehead atoms. The Morgan fingerprint density at radius 3 is 0.867 bits per heavy atom. The number of piperidine rings is 4. The third kappa shape index (κ3) is 20.9. The Morgan fingerprint density at radius 1 is 0.317 bits per heavy atom. The van der Waals surface area contributed by atoms with Crippen LogP contribution in [0.25, 0.3) is 0 Å². The zero-order chi connectivity index (χ0) is 38.3. The topological polar surface area (TPSA) is 49.9 Å². The van der Waals surface area contributed by atoms with Crippen LogP contribution >= 0.6 is 49.6 Å². The number of ether oxygens (including phenoxy) is 4. The lowest BCUT2D eigenvalue weighted by Gasteiger charge is -2.26. The van der Waals surface area contributed by atoms with Crippen LogP contribution in [0.3, 0.4) is 0 Å². The molecule has 4 fully saturated rings. The molecule has 0 radical (unpaired) electrons. The van der Waals surface area contributed by atoms with Crippen LogP contribution in [-0.2, 0) is 12.8 Å². The summed E-state index contributed by atoms with van der Waals surface area (Å²) in [7, 11) is 0. The van der Waals surface area contributed by atoms with Gasteiger partial charge in [-0.3, -0.25) is 0 Å². The molecule has 0 amide bonds. The Kier molecular flexibility index (Phi) is 30.3. The SMILES string of the molecule is Cl.Cl.Cl.Cl.c1cc(OCCCN2CCCCC2)c(OCCCN2CCCCC2)cc1CCCCc1ccc(OCCCN2CCCCC2)c(OCCCN2CCCCC2)c1. The summed E-state index contributed by atoms with van der Waals surface area (Å²) in [5, 5.41) is 0. The van der Waals surface area contributed by atoms with Gasteiger partial charge in [-0.2, -0.15) is 0 Å². The molecule has 4 aliphatic rings. The molecule has 6 rings (SSSR count). The number of hydrogen-bond acceptors (Lipinski definition) is 8. The maximum absolute atomic E-state index is 6.46. The van der Waals surface area contributed by atoms with Gasteiger partial charge < -0.3 is 38.5 Å². The average molecular weight is 921 g/mol. The van der Waals surface area contributed by atoms with Crippen LogP contribution in [-0.4, -0.2) is 125 Å². The molecule has 2 aromatic carbocycles. The summed E-state index contributed by atoms with van der Waals surface area (Å²) >= 11 is 0. The molecule has 0 atom stereocenters. The van der Waals surface area contributed by atoms with Gasteiger partial charge in [-0.1, -0.05) is 37.8 Å². The maximum Gasteiger partial charge on any atom is 0.161 e. The van der Waals surface area contributed by atoms with Crippen LogP contribution in [0, 0.1) is 0 Å². The van der Waals surface area contributed by atoms with E-state index in [-0.39, 0.29) is 49.6 Å². The van der Waals surface area contributed by atoms with Gasteiger partial charge in [0.15, 0.2) is 23.0 Å². The van der Waals surface area contributed by atoms with E-state index in [1.54, 1.807) is 0 Å². The number of hydrogen-bond donors (Lipinski definition) is 0. The van der Waals surface area contributed by atoms with E-state index in [1.165, 1.54) is 141 Å². The van der Waals surface area contributed by atoms with Crippen LogP contribution in [0.2, 0.25) is 0 Å². The number of benzene rings is 2. The number of aryl methyl sites for hydroxylation is 2. The number of likely N-dealkylation sites (tertiary alicyclic amines) is 4. The van der Waals surface area contributed by atoms with Crippen molar-refractivity contribution in [2.24, 2.45) is 0 Å². The molecular weight excluding hydrogens is 838 g/mol. The molecule has 0 unspecified atom stereocenters. The quantitative estimate of drug-likeness (QED) is 0.0913. The van der Waals surface area contributed by atoms with Crippen LogP contribution in [0.4, 0.5) is 0 Å². The molecule has 4 saturated heterocycles. The second kappa shape index (κ2) is 33.2. The van der Waals surface area contributed by atoms with Crippen LogP contribution in [0.5, 0.6) is 23.0 Å². The van der Waals surface area contributed by atoms with Crippen LogP contribution < -0.4 is 18.9 Å². The van der Waals surface area contributed by atoms with E-state index in [9.17, 15) is 0 Å². The molecule has 0 saturated carbocycles. The summed E-state index contributed by atoms with van der Waals surface area (Å²) in [5.41, 5.74) is 2.67. The minimum absolute atomic E-state index is 0. The summed E-state index contributed by atoms with van der Waals surface area (Å²) in [6.45, 7) is 17.4. The van der Waals surface area contributed by atoms with E-state index < -0.39 is 0 Å². The molecule has 4 aliphatic heterocycles. The first-order chi connectivity index (χ1) is 27.8. The first kappa shape index (κ1) is 54.8. The molecule has 0 spiro atoms. The minimum atomic E-state index is 0. The van der Waals surface area contributed by atoms with Gasteiger partial charge in [0.25, 0.3) is 0 Å². The Labute approximate surface area is 390 Å². The van der Waals surface area contributed by atoms with Gasteiger partial charge in [0.1, 0.15) is 0 Å². The van der Waals surface area contributed by atoms with Crippen LogP contribution in [0.15, 0.2) is 36.4 Å². The predicted molar refractivity (Wildman–Crippen MR) is 260 cm³/mol. The highest BCUT2D eigenvalue weighted by Crippen LogP contribution is 2.32. The first-order valence-corrected chi connectivity index (χ1v) is 23.4. The summed E-state index contributed by atoms with van der Waals surface area (Å²) in [6, 6.07) is 13.4. The van der Waals surface area contributed by atoms with Gasteiger partial charge in [-0.15, -0.1) is 49.6 Å². The molecule has 0 aliphatic carbocycles. The zero-order valence-corrected chi connectivity index (χ0v) is 40.2. The summed E-state index contributed by atoms with van der Waals surface area (Å²) in [5.74, 6) is 3.66. The van der Waals surface area contributed by atoms with Gasteiger partial charge in [0, 0.05) is 26.2 Å². The lowest BCUT2D eigenvalue weighted by atomic mass is 10.0. The van der Waals surface area contributed by atoms with E-state index in [4.69, 9.17) is 18.9 Å². The number of unbranched alkanes of at least 4 members (excludes halogenated alkanes) is 1. The van der Waals surface area contributed by atoms with Crippen LogP contribution in [0.1, 0.15) is 127 Å². The zero-order valence-electron chi connectivity index (χ0n) is 37.0. The number of rotatable bonds is 25. The van der Waals surface area contributed by atoms with Gasteiger partial charge >= 0.3 is 0 Å². The van der Waals surface area contributed by atoms with Crippen molar-refractivity contribution in [2.75, 3.05) is 105 Å². The molecule has 346 valence electrons. The fourth-order valence-corrected chi connectivity index (χ4v) is 9.15. The second-order valence-electron chi connectivity index (χ2n) is 17.2. The Balaban J connectivity index is 0.00000310. The highest BCUT2D eigenvalue weighted by atomic mass is 35.5. The van der Waals surface area contributed by atoms with Crippen molar-refractivity contribution in [1.82, 2.24) is 19.6 Å². The molecule has 0 aromatic heterocycles. The van der Waals surface area contributed by atoms with Gasteiger partial charge in [-0.25, -0.2) is 0 Å². The molecule has 8 nitrogen and oxygen atoms in total. The molecule has 4 heterocycles. The highest BCUT2D eigenvalue weighted by molar-refractivity contribution is 5.86. The second-order valence-corrected chi connectivity index (χ2v) is 17.2. The van der Waals surface area contributed by atoms with Crippen molar-refractivity contribution >= 4 is 49.6 Å². The number of halogens is 4. The Morgan fingerprint density at radius 2 is 0.583 bits per heavy atom. The summed E-state index contributed by atoms with van der Waals surface area (Å²) in [6.07, 6.45) is 24.8. The number of nitrogens with zero attached hydrogens (tertiary/aromatic N) is 4. The van der Waals surface area contributed by atoms with E-state index >= 15 is 0 Å². The fourth-order valence-electron chi connectivity index (χ4n) is 9.15. The van der Waals surface area contributed by atoms with Crippen molar-refractivity contribution in [3.63, 3.8) is 0 Å².